The molecule has 4 aromatic rings. The van der Waals surface area contributed by atoms with Crippen molar-refractivity contribution in [2.45, 2.75) is 33.6 Å². The van der Waals surface area contributed by atoms with Crippen LogP contribution in [-0.4, -0.2) is 11.3 Å². The highest BCUT2D eigenvalue weighted by molar-refractivity contribution is 7.26. The van der Waals surface area contributed by atoms with Crippen LogP contribution in [0.25, 0.3) is 31.3 Å². The third-order valence-electron chi connectivity index (χ3n) is 6.73. The van der Waals surface area contributed by atoms with Crippen LogP contribution in [0.1, 0.15) is 37.8 Å². The van der Waals surface area contributed by atoms with Gasteiger partial charge in [-0.2, -0.15) is 0 Å². The van der Waals surface area contributed by atoms with Gasteiger partial charge in [0.2, 0.25) is 0 Å². The van der Waals surface area contributed by atoms with Crippen molar-refractivity contribution in [3.8, 4) is 11.1 Å². The van der Waals surface area contributed by atoms with Gasteiger partial charge in [0.25, 0.3) is 0 Å². The Hall–Kier alpha value is -3.10. The topological polar surface area (TPSA) is 3.01 Å². The molecule has 0 aliphatic carbocycles. The summed E-state index contributed by atoms with van der Waals surface area (Å²) in [5.41, 5.74) is 6.55. The third kappa shape index (κ3) is 3.49. The SMILES string of the molecule is C=[N+]1C=CC(C(CC)CC)=C[C-]1c1c(C)ccc2c1[s+][c-]1cc(-c3ccccc3)ccc21. The predicted molar refractivity (Wildman–Crippen MR) is 141 cm³/mol. The second kappa shape index (κ2) is 8.44. The number of rotatable bonds is 5. The molecule has 32 heavy (non-hydrogen) atoms. The zero-order chi connectivity index (χ0) is 22.2. The maximum Gasteiger partial charge on any atom is 0.159 e. The first-order valence-corrected chi connectivity index (χ1v) is 12.3. The highest BCUT2D eigenvalue weighted by atomic mass is 32.1. The summed E-state index contributed by atoms with van der Waals surface area (Å²) in [5, 5.41) is 2.66. The summed E-state index contributed by atoms with van der Waals surface area (Å²) in [4.78, 5) is 0. The lowest BCUT2D eigenvalue weighted by Gasteiger charge is -2.24. The standard InChI is InChI=1S/C30H29NS/c1-5-21(6-2)24-16-17-31(4)27(18-24)29-20(3)12-14-26-25-15-13-23(19-28(25)32-30(26)29)22-10-8-7-9-11-22/h7-19,21H,4-6H2,1-3H3. The molecular weight excluding hydrogens is 406 g/mol. The van der Waals surface area contributed by atoms with E-state index in [0.29, 0.717) is 5.92 Å². The van der Waals surface area contributed by atoms with Gasteiger partial charge in [-0.15, -0.1) is 12.1 Å². The molecule has 0 radical (unpaired) electrons. The lowest BCUT2D eigenvalue weighted by molar-refractivity contribution is -0.418. The molecule has 0 fully saturated rings. The molecule has 0 unspecified atom stereocenters. The monoisotopic (exact) mass is 435 g/mol. The molecule has 1 nitrogen and oxygen atoms in total. The van der Waals surface area contributed by atoms with E-state index >= 15 is 0 Å². The van der Waals surface area contributed by atoms with E-state index in [-0.39, 0.29) is 0 Å². The molecule has 1 aliphatic heterocycles. The highest BCUT2D eigenvalue weighted by Gasteiger charge is 2.26. The quantitative estimate of drug-likeness (QED) is 0.168. The maximum absolute atomic E-state index is 4.33. The van der Waals surface area contributed by atoms with Crippen molar-refractivity contribution in [3.05, 3.63) is 102 Å². The number of thiophene rings is 1. The number of allylic oxidation sites excluding steroid dienone is 2. The smallest absolute Gasteiger partial charge is 0.159 e. The van der Waals surface area contributed by atoms with E-state index < -0.39 is 0 Å². The molecule has 1 aromatic heterocycles. The van der Waals surface area contributed by atoms with Crippen LogP contribution in [0, 0.1) is 18.9 Å². The van der Waals surface area contributed by atoms with Crippen molar-refractivity contribution >= 4 is 38.2 Å². The zero-order valence-corrected chi connectivity index (χ0v) is 19.9. The first-order valence-electron chi connectivity index (χ1n) is 11.5. The number of hydrogen-bond donors (Lipinski definition) is 0. The van der Waals surface area contributed by atoms with Gasteiger partial charge in [-0.3, -0.25) is 4.58 Å². The van der Waals surface area contributed by atoms with Gasteiger partial charge in [-0.1, -0.05) is 116 Å². The highest BCUT2D eigenvalue weighted by Crippen LogP contribution is 2.42. The minimum Gasteiger partial charge on any atom is -0.255 e. The average molecular weight is 436 g/mol. The summed E-state index contributed by atoms with van der Waals surface area (Å²) < 4.78 is 4.72. The summed E-state index contributed by atoms with van der Waals surface area (Å²) in [6, 6.07) is 23.3. The predicted octanol–water partition coefficient (Wildman–Crippen LogP) is 8.51. The Morgan fingerprint density at radius 1 is 0.969 bits per heavy atom. The van der Waals surface area contributed by atoms with Gasteiger partial charge in [0, 0.05) is 5.56 Å². The van der Waals surface area contributed by atoms with Crippen LogP contribution in [0.3, 0.4) is 0 Å². The summed E-state index contributed by atoms with van der Waals surface area (Å²) in [7, 11) is 0. The number of nitrogens with zero attached hydrogens (tertiary/aromatic N) is 1. The molecule has 3 aromatic carbocycles. The number of hydrogen-bond acceptors (Lipinski definition) is 0. The fourth-order valence-electron chi connectivity index (χ4n) is 4.84. The van der Waals surface area contributed by atoms with Crippen LogP contribution < -0.4 is 0 Å². The molecule has 1 aliphatic rings. The molecule has 2 heteroatoms. The molecule has 0 saturated carbocycles. The van der Waals surface area contributed by atoms with Gasteiger partial charge < -0.3 is 0 Å². The van der Waals surface area contributed by atoms with Crippen LogP contribution in [-0.2, 0) is 0 Å². The Labute approximate surface area is 195 Å². The Bertz CT molecular complexity index is 1370. The third-order valence-corrected chi connectivity index (χ3v) is 7.92. The fraction of sp³-hybridized carbons (Fsp3) is 0.200. The lowest BCUT2D eigenvalue weighted by atomic mass is 9.88. The van der Waals surface area contributed by atoms with Gasteiger partial charge in [0.1, 0.15) is 17.5 Å². The first-order chi connectivity index (χ1) is 15.6. The van der Waals surface area contributed by atoms with E-state index in [9.17, 15) is 0 Å². The number of aryl methyl sites for hydroxylation is 1. The van der Waals surface area contributed by atoms with Gasteiger partial charge in [0.05, 0.1) is 6.72 Å². The first kappa shape index (κ1) is 20.8. The second-order valence-corrected chi connectivity index (χ2v) is 9.69. The minimum atomic E-state index is 0.588. The molecular formula is C30H29NS. The van der Waals surface area contributed by atoms with E-state index in [0.717, 1.165) is 12.8 Å². The summed E-state index contributed by atoms with van der Waals surface area (Å²) >= 11 is 1.90. The summed E-state index contributed by atoms with van der Waals surface area (Å²) in [6.07, 6.45) is 9.05. The maximum atomic E-state index is 4.33. The van der Waals surface area contributed by atoms with Gasteiger partial charge in [-0.05, 0) is 17.4 Å². The van der Waals surface area contributed by atoms with Crippen LogP contribution in [0.4, 0.5) is 0 Å². The number of benzene rings is 3. The van der Waals surface area contributed by atoms with Crippen molar-refractivity contribution in [1.82, 2.24) is 0 Å². The van der Waals surface area contributed by atoms with Crippen LogP contribution in [0.5, 0.6) is 0 Å². The molecule has 160 valence electrons. The fourth-order valence-corrected chi connectivity index (χ4v) is 6.19. The van der Waals surface area contributed by atoms with Crippen LogP contribution in [0.15, 0.2) is 84.6 Å². The van der Waals surface area contributed by atoms with Crippen molar-refractivity contribution in [3.63, 3.8) is 0 Å². The Morgan fingerprint density at radius 2 is 1.75 bits per heavy atom. The van der Waals surface area contributed by atoms with Gasteiger partial charge in [-0.25, -0.2) is 0 Å². The van der Waals surface area contributed by atoms with Crippen molar-refractivity contribution in [2.24, 2.45) is 5.92 Å². The van der Waals surface area contributed by atoms with Crippen molar-refractivity contribution in [1.29, 1.82) is 0 Å². The normalized spacial score (nSPS) is 14.1. The van der Waals surface area contributed by atoms with E-state index in [1.54, 1.807) is 0 Å². The Morgan fingerprint density at radius 3 is 2.50 bits per heavy atom. The van der Waals surface area contributed by atoms with E-state index in [4.69, 9.17) is 0 Å². The largest absolute Gasteiger partial charge is 0.255 e. The molecule has 2 heterocycles. The Kier molecular flexibility index (Phi) is 5.48. The van der Waals surface area contributed by atoms with E-state index in [1.165, 1.54) is 54.0 Å². The van der Waals surface area contributed by atoms with Gasteiger partial charge >= 0.3 is 0 Å². The van der Waals surface area contributed by atoms with Gasteiger partial charge in [0.15, 0.2) is 15.4 Å². The molecule has 0 spiro atoms. The van der Waals surface area contributed by atoms with Crippen LogP contribution in [0.2, 0.25) is 0 Å². The summed E-state index contributed by atoms with van der Waals surface area (Å²) in [6.45, 7) is 11.1. The zero-order valence-electron chi connectivity index (χ0n) is 19.1. The van der Waals surface area contributed by atoms with Crippen molar-refractivity contribution < 1.29 is 4.58 Å². The van der Waals surface area contributed by atoms with Crippen molar-refractivity contribution in [2.75, 3.05) is 0 Å². The molecule has 5 rings (SSSR count). The molecule has 0 bridgehead atoms. The van der Waals surface area contributed by atoms with Crippen LogP contribution >= 0.6 is 11.3 Å². The van der Waals surface area contributed by atoms with E-state index in [1.807, 2.05) is 15.9 Å². The summed E-state index contributed by atoms with van der Waals surface area (Å²) in [5.74, 6) is 0.588. The second-order valence-electron chi connectivity index (χ2n) is 8.64. The Balaban J connectivity index is 1.68. The van der Waals surface area contributed by atoms with E-state index in [2.05, 4.69) is 107 Å². The minimum absolute atomic E-state index is 0.588. The average Bonchev–Trinajstić information content (AvgIpc) is 3.19. The molecule has 0 amide bonds. The molecule has 0 N–H and O–H groups in total. The molecule has 0 atom stereocenters. The molecule has 0 saturated heterocycles. The number of fused-ring (bicyclic) bond motifs is 3. The lowest BCUT2D eigenvalue weighted by Crippen LogP contribution is -2.18.